The quantitative estimate of drug-likeness (QED) is 0.947. The van der Waals surface area contributed by atoms with Gasteiger partial charge in [-0.15, -0.1) is 0 Å². The van der Waals surface area contributed by atoms with E-state index in [9.17, 15) is 4.79 Å². The van der Waals surface area contributed by atoms with Gasteiger partial charge in [0.25, 0.3) is 0 Å². The minimum Gasteiger partial charge on any atom is -0.369 e. The third-order valence-electron chi connectivity index (χ3n) is 4.25. The molecule has 0 bridgehead atoms. The number of benzene rings is 1. The van der Waals surface area contributed by atoms with E-state index in [1.165, 1.54) is 0 Å². The van der Waals surface area contributed by atoms with E-state index in [-0.39, 0.29) is 11.8 Å². The second-order valence-electron chi connectivity index (χ2n) is 5.79. The second-order valence-corrected chi connectivity index (χ2v) is 6.19. The zero-order chi connectivity index (χ0) is 15.0. The minimum absolute atomic E-state index is 0.0588. The number of halogens is 1. The van der Waals surface area contributed by atoms with Crippen LogP contribution in [-0.2, 0) is 11.3 Å². The summed E-state index contributed by atoms with van der Waals surface area (Å²) in [6.45, 7) is 4.43. The molecule has 2 atom stereocenters. The first kappa shape index (κ1) is 14.3. The molecule has 0 aliphatic carbocycles. The predicted molar refractivity (Wildman–Crippen MR) is 83.9 cm³/mol. The Morgan fingerprint density at radius 3 is 2.95 bits per heavy atom. The number of amides is 1. The number of likely N-dealkylation sites (tertiary alicyclic amines) is 1. The van der Waals surface area contributed by atoms with E-state index >= 15 is 0 Å². The van der Waals surface area contributed by atoms with Gasteiger partial charge in [-0.2, -0.15) is 0 Å². The first-order valence-corrected chi connectivity index (χ1v) is 7.48. The van der Waals surface area contributed by atoms with Crippen LogP contribution in [0, 0.1) is 11.8 Å². The molecule has 0 unspecified atom stereocenters. The molecule has 110 valence electrons. The molecular weight excluding hydrogens is 286 g/mol. The Bertz CT molecular complexity index is 688. The Morgan fingerprint density at radius 1 is 1.43 bits per heavy atom. The molecule has 1 aromatic heterocycles. The lowest BCUT2D eigenvalue weighted by atomic mass is 9.98. The highest BCUT2D eigenvalue weighted by Gasteiger charge is 2.33. The van der Waals surface area contributed by atoms with Crippen LogP contribution in [0.25, 0.3) is 10.9 Å². The third kappa shape index (κ3) is 2.74. The number of nitrogens with two attached hydrogens (primary N) is 1. The van der Waals surface area contributed by atoms with Gasteiger partial charge in [-0.25, -0.2) is 0 Å². The van der Waals surface area contributed by atoms with Crippen LogP contribution < -0.4 is 5.73 Å². The van der Waals surface area contributed by atoms with Gasteiger partial charge in [-0.3, -0.25) is 14.7 Å². The molecule has 2 N–H and O–H groups in total. The molecule has 1 saturated heterocycles. The van der Waals surface area contributed by atoms with Crippen LogP contribution in [0.1, 0.15) is 12.5 Å². The maximum absolute atomic E-state index is 11.4. The fourth-order valence-corrected chi connectivity index (χ4v) is 3.35. The van der Waals surface area contributed by atoms with E-state index < -0.39 is 0 Å². The van der Waals surface area contributed by atoms with E-state index in [1.807, 2.05) is 24.3 Å². The fraction of sp³-hybridized carbons (Fsp3) is 0.375. The molecule has 3 rings (SSSR count). The molecule has 2 heterocycles. The van der Waals surface area contributed by atoms with Crippen LogP contribution in [0.15, 0.2) is 30.5 Å². The average molecular weight is 304 g/mol. The molecule has 1 aliphatic rings. The van der Waals surface area contributed by atoms with E-state index in [4.69, 9.17) is 17.3 Å². The van der Waals surface area contributed by atoms with E-state index in [2.05, 4.69) is 16.8 Å². The van der Waals surface area contributed by atoms with Gasteiger partial charge in [-0.05, 0) is 29.7 Å². The smallest absolute Gasteiger partial charge is 0.222 e. The van der Waals surface area contributed by atoms with Crippen molar-refractivity contribution in [3.05, 3.63) is 41.0 Å². The molecule has 2 aromatic rings. The van der Waals surface area contributed by atoms with Crippen molar-refractivity contribution in [2.24, 2.45) is 17.6 Å². The first-order chi connectivity index (χ1) is 10.1. The number of hydrogen-bond donors (Lipinski definition) is 1. The molecule has 5 heteroatoms. The number of carbonyl (C=O) groups excluding carboxylic acids is 1. The lowest BCUT2D eigenvalue weighted by Crippen LogP contribution is -2.29. The van der Waals surface area contributed by atoms with E-state index in [1.54, 1.807) is 6.20 Å². The maximum Gasteiger partial charge on any atom is 0.222 e. The molecule has 0 spiro atoms. The Morgan fingerprint density at radius 2 is 2.24 bits per heavy atom. The van der Waals surface area contributed by atoms with Crippen LogP contribution in [0.3, 0.4) is 0 Å². The van der Waals surface area contributed by atoms with E-state index in [0.29, 0.717) is 17.5 Å². The number of pyridine rings is 1. The summed E-state index contributed by atoms with van der Waals surface area (Å²) in [6.07, 6.45) is 1.78. The van der Waals surface area contributed by atoms with Gasteiger partial charge < -0.3 is 5.73 Å². The number of rotatable bonds is 3. The lowest BCUT2D eigenvalue weighted by molar-refractivity contribution is -0.122. The standard InChI is InChI=1S/C16H18ClN3O/c1-10-7-20(9-13(10)16(18)21)8-11-4-5-14(17)12-3-2-6-19-15(11)12/h2-6,10,13H,7-9H2,1H3,(H2,18,21)/t10-,13-/m1/s1. The average Bonchev–Trinajstić information content (AvgIpc) is 2.83. The summed E-state index contributed by atoms with van der Waals surface area (Å²) in [5.41, 5.74) is 7.52. The van der Waals surface area contributed by atoms with Crippen LogP contribution in [0.4, 0.5) is 0 Å². The van der Waals surface area contributed by atoms with Crippen molar-refractivity contribution in [1.82, 2.24) is 9.88 Å². The number of fused-ring (bicyclic) bond motifs is 1. The van der Waals surface area contributed by atoms with Crippen molar-refractivity contribution in [3.63, 3.8) is 0 Å². The Hall–Kier alpha value is -1.65. The number of hydrogen-bond acceptors (Lipinski definition) is 3. The Balaban J connectivity index is 1.87. The highest BCUT2D eigenvalue weighted by Crippen LogP contribution is 2.28. The zero-order valence-electron chi connectivity index (χ0n) is 11.9. The Kier molecular flexibility index (Phi) is 3.83. The maximum atomic E-state index is 11.4. The van der Waals surface area contributed by atoms with Crippen LogP contribution in [-0.4, -0.2) is 28.9 Å². The normalized spacial score (nSPS) is 22.8. The molecule has 0 saturated carbocycles. The number of primary amides is 1. The monoisotopic (exact) mass is 303 g/mol. The van der Waals surface area contributed by atoms with Crippen LogP contribution in [0.5, 0.6) is 0 Å². The van der Waals surface area contributed by atoms with Gasteiger partial charge in [0.05, 0.1) is 11.4 Å². The molecule has 21 heavy (non-hydrogen) atoms. The van der Waals surface area contributed by atoms with Crippen LogP contribution >= 0.6 is 11.6 Å². The van der Waals surface area contributed by atoms with Gasteiger partial charge in [0, 0.05) is 36.2 Å². The second kappa shape index (κ2) is 5.62. The number of nitrogens with zero attached hydrogens (tertiary/aromatic N) is 2. The summed E-state index contributed by atoms with van der Waals surface area (Å²) >= 11 is 6.22. The van der Waals surface area contributed by atoms with Crippen molar-refractivity contribution in [3.8, 4) is 0 Å². The van der Waals surface area contributed by atoms with E-state index in [0.717, 1.165) is 29.6 Å². The number of aromatic nitrogens is 1. The summed E-state index contributed by atoms with van der Waals surface area (Å²) in [5, 5.41) is 1.68. The summed E-state index contributed by atoms with van der Waals surface area (Å²) in [6, 6.07) is 7.79. The topological polar surface area (TPSA) is 59.2 Å². The molecule has 1 aromatic carbocycles. The summed E-state index contributed by atoms with van der Waals surface area (Å²) in [5.74, 6) is 0.0367. The molecule has 1 aliphatic heterocycles. The lowest BCUT2D eigenvalue weighted by Gasteiger charge is -2.16. The van der Waals surface area contributed by atoms with Gasteiger partial charge in [0.15, 0.2) is 0 Å². The zero-order valence-corrected chi connectivity index (χ0v) is 12.7. The predicted octanol–water partition coefficient (Wildman–Crippen LogP) is 2.44. The first-order valence-electron chi connectivity index (χ1n) is 7.10. The molecule has 4 nitrogen and oxygen atoms in total. The van der Waals surface area contributed by atoms with Gasteiger partial charge in [0.2, 0.25) is 5.91 Å². The number of carbonyl (C=O) groups is 1. The molecular formula is C16H18ClN3O. The summed E-state index contributed by atoms with van der Waals surface area (Å²) in [7, 11) is 0. The van der Waals surface area contributed by atoms with Gasteiger partial charge >= 0.3 is 0 Å². The van der Waals surface area contributed by atoms with Crippen LogP contribution in [0.2, 0.25) is 5.02 Å². The summed E-state index contributed by atoms with van der Waals surface area (Å²) in [4.78, 5) is 18.1. The van der Waals surface area contributed by atoms with Crippen molar-refractivity contribution in [2.75, 3.05) is 13.1 Å². The van der Waals surface area contributed by atoms with Gasteiger partial charge in [-0.1, -0.05) is 24.6 Å². The van der Waals surface area contributed by atoms with Crippen molar-refractivity contribution < 1.29 is 4.79 Å². The largest absolute Gasteiger partial charge is 0.369 e. The summed E-state index contributed by atoms with van der Waals surface area (Å²) < 4.78 is 0. The fourth-order valence-electron chi connectivity index (χ4n) is 3.13. The van der Waals surface area contributed by atoms with Crippen molar-refractivity contribution >= 4 is 28.4 Å². The molecule has 0 radical (unpaired) electrons. The third-order valence-corrected chi connectivity index (χ3v) is 4.58. The van der Waals surface area contributed by atoms with Crippen molar-refractivity contribution in [2.45, 2.75) is 13.5 Å². The van der Waals surface area contributed by atoms with Crippen molar-refractivity contribution in [1.29, 1.82) is 0 Å². The SMILES string of the molecule is C[C@@H]1CN(Cc2ccc(Cl)c3cccnc23)C[C@H]1C(N)=O. The highest BCUT2D eigenvalue weighted by molar-refractivity contribution is 6.35. The Labute approximate surface area is 128 Å². The molecule has 1 fully saturated rings. The highest BCUT2D eigenvalue weighted by atomic mass is 35.5. The minimum atomic E-state index is -0.205. The van der Waals surface area contributed by atoms with Gasteiger partial charge in [0.1, 0.15) is 0 Å². The molecule has 1 amide bonds.